The first-order chi connectivity index (χ1) is 19.8. The van der Waals surface area contributed by atoms with Crippen molar-refractivity contribution in [1.29, 1.82) is 0 Å². The van der Waals surface area contributed by atoms with Crippen LogP contribution in [0.2, 0.25) is 5.02 Å². The summed E-state index contributed by atoms with van der Waals surface area (Å²) in [5.74, 6) is -0.405. The van der Waals surface area contributed by atoms with Gasteiger partial charge in [-0.2, -0.15) is 5.10 Å². The van der Waals surface area contributed by atoms with Gasteiger partial charge in [-0.3, -0.25) is 9.59 Å². The van der Waals surface area contributed by atoms with E-state index in [1.165, 1.54) is 36.5 Å². The summed E-state index contributed by atoms with van der Waals surface area (Å²) < 4.78 is 19.3. The third-order valence-corrected chi connectivity index (χ3v) is 7.29. The average Bonchev–Trinajstić information content (AvgIpc) is 2.98. The van der Waals surface area contributed by atoms with E-state index in [0.29, 0.717) is 25.4 Å². The van der Waals surface area contributed by atoms with Crippen LogP contribution in [0.4, 0.5) is 10.1 Å². The molecule has 210 valence electrons. The van der Waals surface area contributed by atoms with Crippen molar-refractivity contribution >= 4 is 46.1 Å². The summed E-state index contributed by atoms with van der Waals surface area (Å²) >= 11 is 5.88. The fourth-order valence-corrected chi connectivity index (χ4v) is 5.02. The predicted octanol–water partition coefficient (Wildman–Crippen LogP) is 5.22. The van der Waals surface area contributed by atoms with Gasteiger partial charge < -0.3 is 19.6 Å². The van der Waals surface area contributed by atoms with Crippen molar-refractivity contribution in [2.75, 3.05) is 31.1 Å². The summed E-state index contributed by atoms with van der Waals surface area (Å²) in [6.45, 7) is 3.72. The number of hydrogen-bond acceptors (Lipinski definition) is 6. The second kappa shape index (κ2) is 12.3. The van der Waals surface area contributed by atoms with Gasteiger partial charge in [0.05, 0.1) is 11.2 Å². The van der Waals surface area contributed by atoms with E-state index >= 15 is 0 Å². The molecule has 10 heteroatoms. The van der Waals surface area contributed by atoms with Crippen molar-refractivity contribution in [3.63, 3.8) is 0 Å². The van der Waals surface area contributed by atoms with Gasteiger partial charge in [-0.25, -0.2) is 9.82 Å². The number of phenols is 1. The van der Waals surface area contributed by atoms with E-state index in [1.54, 1.807) is 24.3 Å². The highest BCUT2D eigenvalue weighted by Gasteiger charge is 2.28. The first-order valence-electron chi connectivity index (χ1n) is 13.1. The zero-order valence-corrected chi connectivity index (χ0v) is 23.0. The number of anilines is 1. The fraction of sp³-hybridized carbons (Fsp3) is 0.194. The van der Waals surface area contributed by atoms with Gasteiger partial charge in [0.15, 0.2) is 6.61 Å². The predicted molar refractivity (Wildman–Crippen MR) is 157 cm³/mol. The average molecular weight is 575 g/mol. The number of piperazine rings is 1. The molecule has 1 aliphatic heterocycles. The smallest absolute Gasteiger partial charge is 0.271 e. The van der Waals surface area contributed by atoms with Crippen molar-refractivity contribution in [3.05, 3.63) is 101 Å². The van der Waals surface area contributed by atoms with Crippen molar-refractivity contribution < 1.29 is 23.8 Å². The highest BCUT2D eigenvalue weighted by Crippen LogP contribution is 2.28. The zero-order chi connectivity index (χ0) is 28.9. The van der Waals surface area contributed by atoms with Gasteiger partial charge in [0.25, 0.3) is 11.8 Å². The molecule has 41 heavy (non-hydrogen) atoms. The Morgan fingerprint density at radius 1 is 1.07 bits per heavy atom. The maximum Gasteiger partial charge on any atom is 0.271 e. The number of hydrogen-bond donors (Lipinski definition) is 2. The van der Waals surface area contributed by atoms with E-state index in [4.69, 9.17) is 16.3 Å². The summed E-state index contributed by atoms with van der Waals surface area (Å²) in [7, 11) is 0. The third-order valence-electron chi connectivity index (χ3n) is 6.99. The standard InChI is InChI=1S/C31H28ClFN4O4/c1-20-18-36(24-10-8-23(33)9-11-24)14-15-37(20)30(39)19-41-29-13-7-22(25-4-2-3-5-26(25)29)17-34-35-31(40)21-6-12-28(38)27(32)16-21/h2-13,16-17,20,38H,14-15,18-19H2,1H3,(H,35,40)/b34-17+. The van der Waals surface area contributed by atoms with Gasteiger partial charge in [0, 0.05) is 47.9 Å². The SMILES string of the molecule is CC1CN(c2ccc(F)cc2)CCN1C(=O)COc1ccc(/C=N/NC(=O)c2ccc(O)c(Cl)c2)c2ccccc12. The number of aromatic hydroxyl groups is 1. The van der Waals surface area contributed by atoms with Crippen LogP contribution in [0, 0.1) is 5.82 Å². The van der Waals surface area contributed by atoms with Crippen molar-refractivity contribution in [1.82, 2.24) is 10.3 Å². The molecule has 0 aliphatic carbocycles. The maximum atomic E-state index is 13.3. The number of rotatable bonds is 7. The van der Waals surface area contributed by atoms with Crippen LogP contribution >= 0.6 is 11.6 Å². The molecule has 0 radical (unpaired) electrons. The van der Waals surface area contributed by atoms with E-state index in [0.717, 1.165) is 22.0 Å². The molecule has 0 saturated carbocycles. The quantitative estimate of drug-likeness (QED) is 0.233. The minimum absolute atomic E-state index is 0.0342. The summed E-state index contributed by atoms with van der Waals surface area (Å²) in [4.78, 5) is 29.4. The van der Waals surface area contributed by atoms with E-state index in [1.807, 2.05) is 36.1 Å². The van der Waals surface area contributed by atoms with E-state index in [9.17, 15) is 19.1 Å². The highest BCUT2D eigenvalue weighted by molar-refractivity contribution is 6.32. The van der Waals surface area contributed by atoms with Crippen molar-refractivity contribution in [3.8, 4) is 11.5 Å². The number of nitrogens with zero attached hydrogens (tertiary/aromatic N) is 3. The molecule has 8 nitrogen and oxygen atoms in total. The monoisotopic (exact) mass is 574 g/mol. The molecule has 1 heterocycles. The van der Waals surface area contributed by atoms with Crippen LogP contribution in [0.3, 0.4) is 0 Å². The Labute approximate surface area is 241 Å². The summed E-state index contributed by atoms with van der Waals surface area (Å²) in [6, 6.07) is 21.6. The molecule has 1 aliphatic rings. The van der Waals surface area contributed by atoms with Gasteiger partial charge >= 0.3 is 0 Å². The minimum atomic E-state index is -0.473. The fourth-order valence-electron chi connectivity index (χ4n) is 4.84. The number of carbonyl (C=O) groups is 2. The molecule has 1 atom stereocenters. The summed E-state index contributed by atoms with van der Waals surface area (Å²) in [5.41, 5.74) is 4.39. The Morgan fingerprint density at radius 3 is 2.56 bits per heavy atom. The number of amides is 2. The van der Waals surface area contributed by atoms with Gasteiger partial charge in [-0.1, -0.05) is 35.9 Å². The molecule has 4 aromatic carbocycles. The Bertz CT molecular complexity index is 1610. The van der Waals surface area contributed by atoms with Crippen molar-refractivity contribution in [2.24, 2.45) is 5.10 Å². The maximum absolute atomic E-state index is 13.3. The lowest BCUT2D eigenvalue weighted by molar-refractivity contribution is -0.135. The number of fused-ring (bicyclic) bond motifs is 1. The van der Waals surface area contributed by atoms with Crippen LogP contribution in [0.15, 0.2) is 84.0 Å². The third kappa shape index (κ3) is 6.41. The Kier molecular flexibility index (Phi) is 8.35. The van der Waals surface area contributed by atoms with Crippen LogP contribution < -0.4 is 15.1 Å². The summed E-state index contributed by atoms with van der Waals surface area (Å²) in [6.07, 6.45) is 1.53. The van der Waals surface area contributed by atoms with Crippen LogP contribution in [0.25, 0.3) is 10.8 Å². The molecule has 2 amide bonds. The molecule has 1 fully saturated rings. The molecule has 1 saturated heterocycles. The van der Waals surface area contributed by atoms with Crippen molar-refractivity contribution in [2.45, 2.75) is 13.0 Å². The van der Waals surface area contributed by atoms with Crippen LogP contribution in [0.5, 0.6) is 11.5 Å². The van der Waals surface area contributed by atoms with Crippen LogP contribution in [0.1, 0.15) is 22.8 Å². The molecular weight excluding hydrogens is 547 g/mol. The van der Waals surface area contributed by atoms with Gasteiger partial charge in [-0.15, -0.1) is 0 Å². The Balaban J connectivity index is 1.22. The number of halogens is 2. The van der Waals surface area contributed by atoms with Gasteiger partial charge in [-0.05, 0) is 66.9 Å². The topological polar surface area (TPSA) is 94.5 Å². The van der Waals surface area contributed by atoms with Gasteiger partial charge in [0.2, 0.25) is 0 Å². The number of phenolic OH excluding ortho intramolecular Hbond substituents is 1. The number of hydrazone groups is 1. The molecule has 0 bridgehead atoms. The molecule has 4 aromatic rings. The molecular formula is C31H28ClFN4O4. The second-order valence-corrected chi connectivity index (χ2v) is 10.1. The Hall–Kier alpha value is -4.63. The lowest BCUT2D eigenvalue weighted by Crippen LogP contribution is -2.55. The number of nitrogens with one attached hydrogen (secondary N) is 1. The van der Waals surface area contributed by atoms with E-state index < -0.39 is 5.91 Å². The molecule has 2 N–H and O–H groups in total. The number of carbonyl (C=O) groups excluding carboxylic acids is 2. The molecule has 0 spiro atoms. The number of ether oxygens (including phenoxy) is 1. The van der Waals surface area contributed by atoms with Gasteiger partial charge in [0.1, 0.15) is 17.3 Å². The van der Waals surface area contributed by atoms with E-state index in [-0.39, 0.29) is 40.7 Å². The van der Waals surface area contributed by atoms with Crippen LogP contribution in [-0.4, -0.2) is 60.3 Å². The van der Waals surface area contributed by atoms with Crippen LogP contribution in [-0.2, 0) is 4.79 Å². The normalized spacial score (nSPS) is 15.3. The Morgan fingerprint density at radius 2 is 1.83 bits per heavy atom. The zero-order valence-electron chi connectivity index (χ0n) is 22.3. The molecule has 5 rings (SSSR count). The minimum Gasteiger partial charge on any atom is -0.506 e. The highest BCUT2D eigenvalue weighted by atomic mass is 35.5. The molecule has 1 unspecified atom stereocenters. The molecule has 0 aromatic heterocycles. The number of benzene rings is 4. The second-order valence-electron chi connectivity index (χ2n) is 9.71. The first kappa shape index (κ1) is 27.9. The largest absolute Gasteiger partial charge is 0.506 e. The lowest BCUT2D eigenvalue weighted by Gasteiger charge is -2.41. The van der Waals surface area contributed by atoms with E-state index in [2.05, 4.69) is 15.4 Å². The first-order valence-corrected chi connectivity index (χ1v) is 13.4. The lowest BCUT2D eigenvalue weighted by atomic mass is 10.0. The summed E-state index contributed by atoms with van der Waals surface area (Å²) in [5, 5.41) is 15.3.